The zero-order valence-electron chi connectivity index (χ0n) is 14.5. The van der Waals surface area contributed by atoms with Gasteiger partial charge in [0.05, 0.1) is 0 Å². The molecule has 0 spiro atoms. The van der Waals surface area contributed by atoms with Crippen LogP contribution >= 0.6 is 0 Å². The second-order valence-electron chi connectivity index (χ2n) is 6.21. The van der Waals surface area contributed by atoms with Crippen LogP contribution in [0.15, 0.2) is 54.7 Å². The second kappa shape index (κ2) is 9.14. The summed E-state index contributed by atoms with van der Waals surface area (Å²) in [6.45, 7) is 10.1. The highest BCUT2D eigenvalue weighted by Gasteiger charge is 2.24. The smallest absolute Gasteiger partial charge is 0.123 e. The molecule has 1 rings (SSSR count). The Bertz CT molecular complexity index is 592. The van der Waals surface area contributed by atoms with E-state index in [0.29, 0.717) is 12.2 Å². The third-order valence-corrected chi connectivity index (χ3v) is 4.08. The Balaban J connectivity index is 3.24. The van der Waals surface area contributed by atoms with Gasteiger partial charge in [0, 0.05) is 11.8 Å². The van der Waals surface area contributed by atoms with Crippen molar-refractivity contribution < 1.29 is 9.90 Å². The van der Waals surface area contributed by atoms with E-state index in [4.69, 9.17) is 0 Å². The number of carbonyl (C=O) groups excluding carboxylic acids is 1. The van der Waals surface area contributed by atoms with E-state index in [1.54, 1.807) is 6.07 Å². The lowest BCUT2D eigenvalue weighted by Crippen LogP contribution is -2.20. The van der Waals surface area contributed by atoms with E-state index in [9.17, 15) is 9.90 Å². The van der Waals surface area contributed by atoms with Crippen molar-refractivity contribution in [3.63, 3.8) is 0 Å². The van der Waals surface area contributed by atoms with Crippen LogP contribution in [0.5, 0.6) is 5.75 Å². The Morgan fingerprint density at radius 1 is 1.30 bits per heavy atom. The van der Waals surface area contributed by atoms with Crippen molar-refractivity contribution >= 4 is 6.29 Å². The van der Waals surface area contributed by atoms with Gasteiger partial charge in [-0.15, -0.1) is 6.58 Å². The number of hydrogen-bond acceptors (Lipinski definition) is 2. The van der Waals surface area contributed by atoms with Crippen LogP contribution in [0.4, 0.5) is 0 Å². The molecule has 1 aromatic rings. The number of phenols is 1. The van der Waals surface area contributed by atoms with E-state index >= 15 is 0 Å². The Morgan fingerprint density at radius 3 is 2.65 bits per heavy atom. The number of aromatic hydroxyl groups is 1. The highest BCUT2D eigenvalue weighted by atomic mass is 16.3. The largest absolute Gasteiger partial charge is 0.508 e. The molecule has 2 nitrogen and oxygen atoms in total. The van der Waals surface area contributed by atoms with Gasteiger partial charge in [-0.2, -0.15) is 0 Å². The molecule has 0 saturated heterocycles. The molecule has 1 N–H and O–H groups in total. The first kappa shape index (κ1) is 19.0. The summed E-state index contributed by atoms with van der Waals surface area (Å²) in [6.07, 6.45) is 11.9. The maximum Gasteiger partial charge on any atom is 0.123 e. The fourth-order valence-electron chi connectivity index (χ4n) is 2.61. The SMILES string of the molecule is C=CCC=C/C(=C\CC=O)C(C)(C)c1ccc(O)c(CCC)c1. The van der Waals surface area contributed by atoms with Crippen LogP contribution in [-0.4, -0.2) is 11.4 Å². The zero-order valence-corrected chi connectivity index (χ0v) is 14.5. The minimum absolute atomic E-state index is 0.239. The number of rotatable bonds is 9. The van der Waals surface area contributed by atoms with Gasteiger partial charge in [-0.1, -0.05) is 63.6 Å². The molecule has 0 radical (unpaired) electrons. The Labute approximate surface area is 140 Å². The molecule has 0 bridgehead atoms. The number of benzene rings is 1. The number of hydrogen-bond donors (Lipinski definition) is 1. The molecule has 124 valence electrons. The summed E-state index contributed by atoms with van der Waals surface area (Å²) in [5.41, 5.74) is 2.97. The second-order valence-corrected chi connectivity index (χ2v) is 6.21. The quantitative estimate of drug-likeness (QED) is 0.383. The predicted octanol–water partition coefficient (Wildman–Crippen LogP) is 5.27. The minimum Gasteiger partial charge on any atom is -0.508 e. The van der Waals surface area contributed by atoms with Crippen molar-refractivity contribution in [2.45, 2.75) is 51.9 Å². The van der Waals surface area contributed by atoms with Crippen LogP contribution in [0.2, 0.25) is 0 Å². The standard InChI is InChI=1S/C21H28O2/c1-5-7-8-11-18(12-9-15-22)21(3,4)19-13-14-20(23)17(16-19)10-6-2/h5,8,11-16,23H,1,6-7,9-10H2,2-4H3/b11-8?,18-12+. The summed E-state index contributed by atoms with van der Waals surface area (Å²) >= 11 is 0. The molecule has 1 aromatic carbocycles. The number of aryl methyl sites for hydroxylation is 1. The molecule has 0 aromatic heterocycles. The maximum absolute atomic E-state index is 10.8. The fraction of sp³-hybridized carbons (Fsp3) is 0.381. The predicted molar refractivity (Wildman–Crippen MR) is 97.8 cm³/mol. The molecule has 0 unspecified atom stereocenters. The Hall–Kier alpha value is -2.09. The van der Waals surface area contributed by atoms with Gasteiger partial charge in [0.2, 0.25) is 0 Å². The lowest BCUT2D eigenvalue weighted by molar-refractivity contribution is -0.107. The van der Waals surface area contributed by atoms with Gasteiger partial charge in [0.15, 0.2) is 0 Å². The molecule has 2 heteroatoms. The first-order valence-electron chi connectivity index (χ1n) is 8.21. The van der Waals surface area contributed by atoms with Crippen LogP contribution in [0, 0.1) is 0 Å². The molecule has 0 saturated carbocycles. The minimum atomic E-state index is -0.239. The Morgan fingerprint density at radius 2 is 2.04 bits per heavy atom. The van der Waals surface area contributed by atoms with Crippen molar-refractivity contribution in [1.82, 2.24) is 0 Å². The van der Waals surface area contributed by atoms with Crippen LogP contribution in [0.3, 0.4) is 0 Å². The normalized spacial score (nSPS) is 12.6. The molecule has 0 aliphatic carbocycles. The average Bonchev–Trinajstić information content (AvgIpc) is 2.52. The third-order valence-electron chi connectivity index (χ3n) is 4.08. The highest BCUT2D eigenvalue weighted by Crippen LogP contribution is 2.35. The van der Waals surface area contributed by atoms with Gasteiger partial charge in [-0.05, 0) is 35.6 Å². The summed E-state index contributed by atoms with van der Waals surface area (Å²) in [7, 11) is 0. The lowest BCUT2D eigenvalue weighted by atomic mass is 9.76. The van der Waals surface area contributed by atoms with Crippen molar-refractivity contribution in [2.24, 2.45) is 0 Å². The van der Waals surface area contributed by atoms with Crippen molar-refractivity contribution in [1.29, 1.82) is 0 Å². The molecule has 0 heterocycles. The van der Waals surface area contributed by atoms with Gasteiger partial charge in [0.25, 0.3) is 0 Å². The number of allylic oxidation sites excluding steroid dienone is 5. The lowest BCUT2D eigenvalue weighted by Gasteiger charge is -2.28. The fourth-order valence-corrected chi connectivity index (χ4v) is 2.61. The van der Waals surface area contributed by atoms with Crippen LogP contribution in [0.25, 0.3) is 0 Å². The molecule has 0 amide bonds. The third kappa shape index (κ3) is 5.24. The van der Waals surface area contributed by atoms with Crippen LogP contribution < -0.4 is 0 Å². The summed E-state index contributed by atoms with van der Waals surface area (Å²) in [6, 6.07) is 5.81. The van der Waals surface area contributed by atoms with Crippen molar-refractivity contribution in [3.8, 4) is 5.75 Å². The maximum atomic E-state index is 10.8. The molecular formula is C21H28O2. The number of carbonyl (C=O) groups is 1. The first-order chi connectivity index (χ1) is 11.0. The molecular weight excluding hydrogens is 284 g/mol. The van der Waals surface area contributed by atoms with Crippen LogP contribution in [0.1, 0.15) is 51.2 Å². The summed E-state index contributed by atoms with van der Waals surface area (Å²) < 4.78 is 0. The summed E-state index contributed by atoms with van der Waals surface area (Å²) in [5.74, 6) is 0.354. The summed E-state index contributed by atoms with van der Waals surface area (Å²) in [5, 5.41) is 10.00. The summed E-state index contributed by atoms with van der Waals surface area (Å²) in [4.78, 5) is 10.8. The number of phenolic OH excluding ortho intramolecular Hbond substituents is 1. The van der Waals surface area contributed by atoms with Gasteiger partial charge in [-0.3, -0.25) is 0 Å². The van der Waals surface area contributed by atoms with Gasteiger partial charge in [0.1, 0.15) is 12.0 Å². The van der Waals surface area contributed by atoms with E-state index in [0.717, 1.165) is 42.2 Å². The molecule has 0 atom stereocenters. The van der Waals surface area contributed by atoms with E-state index in [-0.39, 0.29) is 5.41 Å². The topological polar surface area (TPSA) is 37.3 Å². The van der Waals surface area contributed by atoms with E-state index in [1.165, 1.54) is 0 Å². The number of aldehydes is 1. The monoisotopic (exact) mass is 312 g/mol. The zero-order chi connectivity index (χ0) is 17.3. The molecule has 0 aliphatic rings. The van der Waals surface area contributed by atoms with E-state index < -0.39 is 0 Å². The first-order valence-corrected chi connectivity index (χ1v) is 8.21. The van der Waals surface area contributed by atoms with Crippen molar-refractivity contribution in [3.05, 3.63) is 65.8 Å². The van der Waals surface area contributed by atoms with E-state index in [1.807, 2.05) is 18.2 Å². The van der Waals surface area contributed by atoms with E-state index in [2.05, 4.69) is 45.6 Å². The van der Waals surface area contributed by atoms with Crippen LogP contribution in [-0.2, 0) is 16.6 Å². The van der Waals surface area contributed by atoms with Crippen molar-refractivity contribution in [2.75, 3.05) is 0 Å². The van der Waals surface area contributed by atoms with Gasteiger partial charge < -0.3 is 9.90 Å². The van der Waals surface area contributed by atoms with Gasteiger partial charge in [-0.25, -0.2) is 0 Å². The molecule has 23 heavy (non-hydrogen) atoms. The van der Waals surface area contributed by atoms with Gasteiger partial charge >= 0.3 is 0 Å². The Kier molecular flexibility index (Phi) is 7.53. The molecule has 0 aliphatic heterocycles. The average molecular weight is 312 g/mol. The molecule has 0 fully saturated rings. The highest BCUT2D eigenvalue weighted by molar-refractivity contribution is 5.54.